The minimum atomic E-state index is -0.504. The lowest BCUT2D eigenvalue weighted by molar-refractivity contribution is -0.142. The smallest absolute Gasteiger partial charge is 0.306 e. The Kier molecular flexibility index (Phi) is 9.20. The van der Waals surface area contributed by atoms with Crippen LogP contribution in [0, 0.1) is 5.92 Å². The van der Waals surface area contributed by atoms with Crippen LogP contribution in [0.1, 0.15) is 55.3 Å². The minimum absolute atomic E-state index is 0.0156. The molecular formula is C20H26N4O5S. The zero-order valence-corrected chi connectivity index (χ0v) is 17.6. The highest BCUT2D eigenvalue weighted by Crippen LogP contribution is 2.25. The first-order valence-electron chi connectivity index (χ1n) is 9.77. The Morgan fingerprint density at radius 2 is 1.67 bits per heavy atom. The summed E-state index contributed by atoms with van der Waals surface area (Å²) < 4.78 is 4.45. The Morgan fingerprint density at radius 1 is 1.00 bits per heavy atom. The minimum Gasteiger partial charge on any atom is -0.469 e. The highest BCUT2D eigenvalue weighted by atomic mass is 32.1. The number of ether oxygens (including phenoxy) is 1. The van der Waals surface area contributed by atoms with Gasteiger partial charge in [-0.05, 0) is 49.3 Å². The van der Waals surface area contributed by atoms with Crippen molar-refractivity contribution in [1.29, 1.82) is 0 Å². The third kappa shape index (κ3) is 7.78. The van der Waals surface area contributed by atoms with Gasteiger partial charge in [0, 0.05) is 23.6 Å². The number of carbonyl (C=O) groups is 4. The molecule has 0 aliphatic heterocycles. The number of rotatable bonds is 6. The predicted octanol–water partition coefficient (Wildman–Crippen LogP) is 1.79. The summed E-state index contributed by atoms with van der Waals surface area (Å²) >= 11 is 4.92. The molecule has 1 aromatic carbocycles. The van der Waals surface area contributed by atoms with Crippen LogP contribution in [-0.4, -0.2) is 35.9 Å². The molecule has 0 aromatic heterocycles. The number of carbonyl (C=O) groups excluding carboxylic acids is 4. The number of hydrazine groups is 1. The number of amides is 3. The fourth-order valence-corrected chi connectivity index (χ4v) is 3.20. The summed E-state index contributed by atoms with van der Waals surface area (Å²) in [6.07, 6.45) is 5.02. The molecule has 2 rings (SSSR count). The molecule has 0 heterocycles. The number of hydrogen-bond acceptors (Lipinski definition) is 6. The van der Waals surface area contributed by atoms with Crippen molar-refractivity contribution in [3.63, 3.8) is 0 Å². The van der Waals surface area contributed by atoms with E-state index in [1.54, 1.807) is 24.3 Å². The van der Waals surface area contributed by atoms with E-state index in [0.29, 0.717) is 11.3 Å². The molecule has 10 heteroatoms. The molecule has 1 fully saturated rings. The number of benzene rings is 1. The van der Waals surface area contributed by atoms with Crippen molar-refractivity contribution in [2.24, 2.45) is 5.92 Å². The summed E-state index contributed by atoms with van der Waals surface area (Å²) in [6.45, 7) is 0. The van der Waals surface area contributed by atoms with E-state index in [0.717, 1.165) is 25.7 Å². The van der Waals surface area contributed by atoms with E-state index in [9.17, 15) is 19.2 Å². The van der Waals surface area contributed by atoms with Gasteiger partial charge >= 0.3 is 5.97 Å². The van der Waals surface area contributed by atoms with Crippen LogP contribution in [0.2, 0.25) is 0 Å². The van der Waals surface area contributed by atoms with Crippen molar-refractivity contribution in [3.05, 3.63) is 29.8 Å². The van der Waals surface area contributed by atoms with Gasteiger partial charge in [-0.15, -0.1) is 0 Å². The molecule has 3 amide bonds. The molecule has 4 N–H and O–H groups in total. The van der Waals surface area contributed by atoms with Gasteiger partial charge in [0.15, 0.2) is 5.11 Å². The average Bonchev–Trinajstić information content (AvgIpc) is 2.76. The number of hydrogen-bond donors (Lipinski definition) is 4. The van der Waals surface area contributed by atoms with E-state index in [1.807, 2.05) is 0 Å². The van der Waals surface area contributed by atoms with Crippen molar-refractivity contribution in [3.8, 4) is 0 Å². The van der Waals surface area contributed by atoms with Gasteiger partial charge in [0.05, 0.1) is 13.5 Å². The van der Waals surface area contributed by atoms with E-state index < -0.39 is 17.8 Å². The second-order valence-electron chi connectivity index (χ2n) is 6.93. The van der Waals surface area contributed by atoms with Crippen LogP contribution in [0.25, 0.3) is 0 Å². The Hall–Kier alpha value is -3.01. The molecule has 30 heavy (non-hydrogen) atoms. The molecule has 1 aromatic rings. The molecule has 0 radical (unpaired) electrons. The Morgan fingerprint density at radius 3 is 2.30 bits per heavy atom. The third-order valence-electron chi connectivity index (χ3n) is 4.72. The predicted molar refractivity (Wildman–Crippen MR) is 114 cm³/mol. The maximum Gasteiger partial charge on any atom is 0.306 e. The molecule has 162 valence electrons. The van der Waals surface area contributed by atoms with Gasteiger partial charge in [-0.3, -0.25) is 30.0 Å². The van der Waals surface area contributed by atoms with Crippen LogP contribution in [0.5, 0.6) is 0 Å². The van der Waals surface area contributed by atoms with Gasteiger partial charge in [-0.25, -0.2) is 0 Å². The number of thiocarbonyl (C=S) groups is 1. The maximum atomic E-state index is 12.3. The first kappa shape index (κ1) is 23.3. The number of nitrogens with one attached hydrogen (secondary N) is 4. The second-order valence-corrected chi connectivity index (χ2v) is 7.34. The van der Waals surface area contributed by atoms with Gasteiger partial charge in [-0.2, -0.15) is 0 Å². The van der Waals surface area contributed by atoms with Crippen LogP contribution in [0.4, 0.5) is 5.69 Å². The standard InChI is InChI=1S/C20H26N4O5S/c1-29-17(26)12-11-16(25)22-20(30)24-23-19(28)14-7-9-15(10-8-14)21-18(27)13-5-3-2-4-6-13/h7-10,13H,2-6,11-12H2,1H3,(H,21,27)(H,23,28)(H2,22,24,25,30). The summed E-state index contributed by atoms with van der Waals surface area (Å²) in [5.74, 6) is -1.39. The van der Waals surface area contributed by atoms with Crippen LogP contribution < -0.4 is 21.5 Å². The van der Waals surface area contributed by atoms with E-state index >= 15 is 0 Å². The summed E-state index contributed by atoms with van der Waals surface area (Å²) in [4.78, 5) is 47.1. The highest BCUT2D eigenvalue weighted by molar-refractivity contribution is 7.80. The fourth-order valence-electron chi connectivity index (χ4n) is 3.04. The number of methoxy groups -OCH3 is 1. The second kappa shape index (κ2) is 11.9. The normalized spacial score (nSPS) is 13.6. The van der Waals surface area contributed by atoms with Crippen molar-refractivity contribution >= 4 is 46.7 Å². The molecule has 0 saturated heterocycles. The summed E-state index contributed by atoms with van der Waals surface area (Å²) in [5, 5.41) is 5.12. The monoisotopic (exact) mass is 434 g/mol. The molecule has 0 spiro atoms. The molecule has 1 aliphatic carbocycles. The summed E-state index contributed by atoms with van der Waals surface area (Å²) in [5.41, 5.74) is 5.76. The zero-order chi connectivity index (χ0) is 21.9. The number of anilines is 1. The van der Waals surface area contributed by atoms with E-state index in [1.165, 1.54) is 13.5 Å². The largest absolute Gasteiger partial charge is 0.469 e. The Labute approximate surface area is 180 Å². The van der Waals surface area contributed by atoms with Gasteiger partial charge in [-0.1, -0.05) is 19.3 Å². The first-order chi connectivity index (χ1) is 14.4. The lowest BCUT2D eigenvalue weighted by Gasteiger charge is -2.20. The van der Waals surface area contributed by atoms with Crippen molar-refractivity contribution in [2.45, 2.75) is 44.9 Å². The Bertz CT molecular complexity index is 791. The zero-order valence-electron chi connectivity index (χ0n) is 16.8. The Balaban J connectivity index is 1.74. The molecular weight excluding hydrogens is 408 g/mol. The van der Waals surface area contributed by atoms with Gasteiger partial charge in [0.2, 0.25) is 11.8 Å². The van der Waals surface area contributed by atoms with Gasteiger partial charge < -0.3 is 15.4 Å². The average molecular weight is 435 g/mol. The van der Waals surface area contributed by atoms with Crippen molar-refractivity contribution in [2.75, 3.05) is 12.4 Å². The lowest BCUT2D eigenvalue weighted by Crippen LogP contribution is -2.48. The molecule has 0 bridgehead atoms. The van der Waals surface area contributed by atoms with Crippen molar-refractivity contribution < 1.29 is 23.9 Å². The molecule has 9 nitrogen and oxygen atoms in total. The van der Waals surface area contributed by atoms with Crippen LogP contribution in [0.3, 0.4) is 0 Å². The van der Waals surface area contributed by atoms with E-state index in [-0.39, 0.29) is 29.8 Å². The lowest BCUT2D eigenvalue weighted by atomic mass is 9.88. The van der Waals surface area contributed by atoms with Crippen molar-refractivity contribution in [1.82, 2.24) is 16.2 Å². The van der Waals surface area contributed by atoms with E-state index in [2.05, 4.69) is 26.2 Å². The highest BCUT2D eigenvalue weighted by Gasteiger charge is 2.21. The summed E-state index contributed by atoms with van der Waals surface area (Å²) in [6, 6.07) is 6.46. The third-order valence-corrected chi connectivity index (χ3v) is 4.92. The van der Waals surface area contributed by atoms with Crippen LogP contribution >= 0.6 is 12.2 Å². The molecule has 1 saturated carbocycles. The first-order valence-corrected chi connectivity index (χ1v) is 10.2. The summed E-state index contributed by atoms with van der Waals surface area (Å²) in [7, 11) is 1.24. The quantitative estimate of drug-likeness (QED) is 0.306. The fraction of sp³-hybridized carbons (Fsp3) is 0.450. The SMILES string of the molecule is COC(=O)CCC(=O)NC(=S)NNC(=O)c1ccc(NC(=O)C2CCCCC2)cc1. The topological polar surface area (TPSA) is 126 Å². The van der Waals surface area contributed by atoms with Crippen LogP contribution in [0.15, 0.2) is 24.3 Å². The van der Waals surface area contributed by atoms with E-state index in [4.69, 9.17) is 12.2 Å². The van der Waals surface area contributed by atoms with Gasteiger partial charge in [0.1, 0.15) is 0 Å². The molecule has 0 unspecified atom stereocenters. The maximum absolute atomic E-state index is 12.3. The molecule has 0 atom stereocenters. The molecule has 1 aliphatic rings. The number of esters is 1. The van der Waals surface area contributed by atoms with Crippen LogP contribution in [-0.2, 0) is 19.1 Å². The van der Waals surface area contributed by atoms with Gasteiger partial charge in [0.25, 0.3) is 5.91 Å².